The summed E-state index contributed by atoms with van der Waals surface area (Å²) in [6.45, 7) is 4.86. The summed E-state index contributed by atoms with van der Waals surface area (Å²) in [6.07, 6.45) is 1.21. The molecule has 0 radical (unpaired) electrons. The molecule has 0 spiro atoms. The Morgan fingerprint density at radius 2 is 2.03 bits per heavy atom. The van der Waals surface area contributed by atoms with Gasteiger partial charge in [0, 0.05) is 44.8 Å². The average Bonchev–Trinajstić information content (AvgIpc) is 2.72. The van der Waals surface area contributed by atoms with E-state index in [0.717, 1.165) is 5.56 Å². The van der Waals surface area contributed by atoms with Crippen LogP contribution in [0.1, 0.15) is 12.5 Å². The number of hydrogen-bond donors (Lipinski definition) is 3. The zero-order chi connectivity index (χ0) is 23.3. The van der Waals surface area contributed by atoms with Crippen LogP contribution in [0.3, 0.4) is 0 Å². The van der Waals surface area contributed by atoms with E-state index in [1.807, 2.05) is 6.92 Å². The lowest BCUT2D eigenvalue weighted by atomic mass is 10.0. The van der Waals surface area contributed by atoms with Gasteiger partial charge in [-0.05, 0) is 25.1 Å². The Labute approximate surface area is 192 Å². The average molecular weight is 487 g/mol. The van der Waals surface area contributed by atoms with Crippen molar-refractivity contribution in [1.82, 2.24) is 25.3 Å². The van der Waals surface area contributed by atoms with Crippen molar-refractivity contribution in [2.45, 2.75) is 13.0 Å². The number of piperazine rings is 1. The summed E-state index contributed by atoms with van der Waals surface area (Å²) < 4.78 is 30.1. The van der Waals surface area contributed by atoms with Crippen LogP contribution in [-0.2, 0) is 14.8 Å². The Morgan fingerprint density at radius 3 is 2.66 bits per heavy atom. The van der Waals surface area contributed by atoms with Gasteiger partial charge < -0.3 is 15.4 Å². The summed E-state index contributed by atoms with van der Waals surface area (Å²) in [5, 5.41) is 9.87. The Hall–Kier alpha value is -2.41. The second kappa shape index (κ2) is 10.5. The predicted octanol–water partition coefficient (Wildman–Crippen LogP) is -0.182. The third kappa shape index (κ3) is 6.55. The smallest absolute Gasteiger partial charge is 0.335 e. The number of carbonyl (C=O) groups is 2. The van der Waals surface area contributed by atoms with Gasteiger partial charge in [0.05, 0.1) is 23.0 Å². The Balaban J connectivity index is 1.41. The van der Waals surface area contributed by atoms with Crippen molar-refractivity contribution < 1.29 is 22.7 Å². The lowest BCUT2D eigenvalue weighted by molar-refractivity contribution is -0.123. The van der Waals surface area contributed by atoms with Gasteiger partial charge in [-0.25, -0.2) is 18.6 Å². The molecule has 3 rings (SSSR count). The van der Waals surface area contributed by atoms with E-state index < -0.39 is 10.0 Å². The zero-order valence-electron chi connectivity index (χ0n) is 17.9. The molecule has 0 saturated carbocycles. The van der Waals surface area contributed by atoms with Crippen molar-refractivity contribution in [3.63, 3.8) is 0 Å². The molecule has 11 nitrogen and oxygen atoms in total. The number of amides is 3. The lowest BCUT2D eigenvalue weighted by Crippen LogP contribution is -2.50. The topological polar surface area (TPSA) is 132 Å². The number of nitrogens with one attached hydrogen (secondary N) is 3. The second-order valence-electron chi connectivity index (χ2n) is 7.59. The molecule has 1 fully saturated rings. The van der Waals surface area contributed by atoms with E-state index >= 15 is 0 Å². The van der Waals surface area contributed by atoms with Crippen molar-refractivity contribution in [3.8, 4) is 5.75 Å². The molecule has 1 aromatic carbocycles. The molecule has 0 aliphatic carbocycles. The minimum atomic E-state index is -3.15. The highest BCUT2D eigenvalue weighted by Gasteiger charge is 2.23. The molecule has 1 saturated heterocycles. The maximum absolute atomic E-state index is 12.1. The summed E-state index contributed by atoms with van der Waals surface area (Å²) in [5.41, 5.74) is 3.72. The number of hydrazone groups is 1. The molecule has 2 heterocycles. The van der Waals surface area contributed by atoms with Crippen LogP contribution in [0.5, 0.6) is 5.75 Å². The monoisotopic (exact) mass is 486 g/mol. The van der Waals surface area contributed by atoms with Crippen LogP contribution in [0.2, 0.25) is 5.02 Å². The zero-order valence-corrected chi connectivity index (χ0v) is 19.5. The minimum absolute atomic E-state index is 0.185. The van der Waals surface area contributed by atoms with E-state index in [9.17, 15) is 18.0 Å². The van der Waals surface area contributed by atoms with E-state index in [2.05, 4.69) is 26.1 Å². The molecule has 2 aliphatic rings. The summed E-state index contributed by atoms with van der Waals surface area (Å²) in [5.74, 6) is 0.0839. The molecule has 3 amide bonds. The summed E-state index contributed by atoms with van der Waals surface area (Å²) >= 11 is 6.29. The fourth-order valence-electron chi connectivity index (χ4n) is 3.43. The van der Waals surface area contributed by atoms with Crippen molar-refractivity contribution in [2.75, 3.05) is 52.1 Å². The van der Waals surface area contributed by atoms with E-state index in [1.165, 1.54) is 10.6 Å². The van der Waals surface area contributed by atoms with Crippen molar-refractivity contribution in [1.29, 1.82) is 0 Å². The van der Waals surface area contributed by atoms with Crippen molar-refractivity contribution >= 4 is 39.3 Å². The van der Waals surface area contributed by atoms with Crippen LogP contribution in [0, 0.1) is 0 Å². The van der Waals surface area contributed by atoms with Gasteiger partial charge in [0.25, 0.3) is 5.91 Å². The standard InChI is InChI=1S/C19H27ClN6O5S/c1-13-18(23-24-19(28)22-13)14-3-4-16(15(20)11-14)31-12-17(27)21-5-6-25-7-9-26(10-8-25)32(2,29)30/h3-4,11,13H,5-10,12H2,1-2H3,(H,21,27)(H2,22,24,28). The number of ether oxygens (including phenoxy) is 1. The molecule has 2 aliphatic heterocycles. The van der Waals surface area contributed by atoms with Crippen LogP contribution < -0.4 is 20.8 Å². The Bertz CT molecular complexity index is 994. The number of urea groups is 1. The number of halogens is 1. The molecule has 176 valence electrons. The maximum Gasteiger partial charge on any atom is 0.335 e. The van der Waals surface area contributed by atoms with Gasteiger partial charge >= 0.3 is 6.03 Å². The van der Waals surface area contributed by atoms with Crippen LogP contribution >= 0.6 is 11.6 Å². The highest BCUT2D eigenvalue weighted by atomic mass is 35.5. The SMILES string of the molecule is CC1NC(=O)NN=C1c1ccc(OCC(=O)NCCN2CCN(S(C)(=O)=O)CC2)c(Cl)c1. The first kappa shape index (κ1) is 24.2. The molecule has 0 bridgehead atoms. The predicted molar refractivity (Wildman–Crippen MR) is 120 cm³/mol. The largest absolute Gasteiger partial charge is 0.482 e. The fourth-order valence-corrected chi connectivity index (χ4v) is 4.49. The Morgan fingerprint density at radius 1 is 1.31 bits per heavy atom. The van der Waals surface area contributed by atoms with Crippen molar-refractivity contribution in [2.24, 2.45) is 5.10 Å². The lowest BCUT2D eigenvalue weighted by Gasteiger charge is -2.33. The summed E-state index contributed by atoms with van der Waals surface area (Å²) in [4.78, 5) is 25.5. The first-order valence-corrected chi connectivity index (χ1v) is 12.4. The first-order chi connectivity index (χ1) is 15.1. The van der Waals surface area contributed by atoms with Gasteiger partial charge in [0.2, 0.25) is 10.0 Å². The molecule has 0 aromatic heterocycles. The highest BCUT2D eigenvalue weighted by molar-refractivity contribution is 7.88. The third-order valence-corrected chi connectivity index (χ3v) is 6.77. The molecule has 1 unspecified atom stereocenters. The molecule has 1 atom stereocenters. The molecule has 3 N–H and O–H groups in total. The van der Waals surface area contributed by atoms with Gasteiger partial charge in [-0.3, -0.25) is 9.69 Å². The van der Waals surface area contributed by atoms with Crippen LogP contribution in [0.4, 0.5) is 4.79 Å². The van der Waals surface area contributed by atoms with E-state index in [4.69, 9.17) is 16.3 Å². The maximum atomic E-state index is 12.1. The minimum Gasteiger partial charge on any atom is -0.482 e. The molecule has 13 heteroatoms. The van der Waals surface area contributed by atoms with E-state index in [-0.39, 0.29) is 24.6 Å². The van der Waals surface area contributed by atoms with Crippen molar-refractivity contribution in [3.05, 3.63) is 28.8 Å². The van der Waals surface area contributed by atoms with Gasteiger partial charge in [0.15, 0.2) is 6.61 Å². The number of rotatable bonds is 8. The summed E-state index contributed by atoms with van der Waals surface area (Å²) in [6, 6.07) is 4.43. The van der Waals surface area contributed by atoms with E-state index in [1.54, 1.807) is 18.2 Å². The quantitative estimate of drug-likeness (QED) is 0.467. The molecule has 1 aromatic rings. The number of hydrogen-bond acceptors (Lipinski definition) is 7. The van der Waals surface area contributed by atoms with Gasteiger partial charge in [-0.1, -0.05) is 11.6 Å². The van der Waals surface area contributed by atoms with Crippen LogP contribution in [0.25, 0.3) is 0 Å². The number of carbonyl (C=O) groups excluding carboxylic acids is 2. The Kier molecular flexibility index (Phi) is 7.93. The molecular weight excluding hydrogens is 460 g/mol. The molecular formula is C19H27ClN6O5S. The third-order valence-electron chi connectivity index (χ3n) is 5.17. The second-order valence-corrected chi connectivity index (χ2v) is 9.98. The number of sulfonamides is 1. The molecule has 32 heavy (non-hydrogen) atoms. The van der Waals surface area contributed by atoms with Crippen LogP contribution in [0.15, 0.2) is 23.3 Å². The fraction of sp³-hybridized carbons (Fsp3) is 0.526. The number of benzene rings is 1. The van der Waals surface area contributed by atoms with E-state index in [0.29, 0.717) is 55.8 Å². The van der Waals surface area contributed by atoms with Crippen LogP contribution in [-0.4, -0.2) is 93.4 Å². The summed E-state index contributed by atoms with van der Waals surface area (Å²) in [7, 11) is -3.15. The normalized spacial score (nSPS) is 20.2. The first-order valence-electron chi connectivity index (χ1n) is 10.1. The highest BCUT2D eigenvalue weighted by Crippen LogP contribution is 2.26. The number of nitrogens with zero attached hydrogens (tertiary/aromatic N) is 3. The van der Waals surface area contributed by atoms with Gasteiger partial charge in [-0.2, -0.15) is 9.41 Å². The van der Waals surface area contributed by atoms with Gasteiger partial charge in [0.1, 0.15) is 5.75 Å². The van der Waals surface area contributed by atoms with Gasteiger partial charge in [-0.15, -0.1) is 0 Å².